The van der Waals surface area contributed by atoms with Crippen molar-refractivity contribution in [3.8, 4) is 5.75 Å². The Labute approximate surface area is 217 Å². The zero-order chi connectivity index (χ0) is 26.2. The number of hydrogen-bond donors (Lipinski definition) is 2. The van der Waals surface area contributed by atoms with Crippen molar-refractivity contribution in [3.05, 3.63) is 29.8 Å². The highest BCUT2D eigenvalue weighted by Crippen LogP contribution is 2.60. The van der Waals surface area contributed by atoms with Crippen molar-refractivity contribution in [1.82, 2.24) is 5.48 Å². The largest absolute Gasteiger partial charge is 0.491 e. The molecule has 2 bridgehead atoms. The lowest BCUT2D eigenvalue weighted by molar-refractivity contribution is -0.577. The fourth-order valence-corrected chi connectivity index (χ4v) is 6.54. The van der Waals surface area contributed by atoms with Crippen LogP contribution in [0.5, 0.6) is 5.75 Å². The standard InChI is InChI=1S/C27H39NO9/c1-16-5-10-22-17(2)24(34-25-27(22)21(16)11-12-26(4,35-25)36-37-27)32-14-13-31-20-8-6-19(7-9-20)18(3)28-33-15-23(29)30/h6-9,16-18,21-22,24-25,28H,5,10-15H2,1-4H3,(H,29,30)/t16-,17-,18?,21?,22+,24+,25-,26-,27-/m1/s1. The predicted octanol–water partition coefficient (Wildman–Crippen LogP) is 3.96. The number of aliphatic carboxylic acids is 1. The molecule has 37 heavy (non-hydrogen) atoms. The Morgan fingerprint density at radius 2 is 1.92 bits per heavy atom. The van der Waals surface area contributed by atoms with E-state index in [-0.39, 0.29) is 17.9 Å². The first-order valence-electron chi connectivity index (χ1n) is 13.4. The molecule has 5 aliphatic rings. The van der Waals surface area contributed by atoms with Crippen LogP contribution in [0.15, 0.2) is 24.3 Å². The van der Waals surface area contributed by atoms with Crippen LogP contribution in [0.25, 0.3) is 0 Å². The van der Waals surface area contributed by atoms with Crippen molar-refractivity contribution in [2.45, 2.75) is 83.4 Å². The zero-order valence-electron chi connectivity index (χ0n) is 22.0. The molecule has 10 heteroatoms. The van der Waals surface area contributed by atoms with Crippen LogP contribution < -0.4 is 10.2 Å². The third-order valence-corrected chi connectivity index (χ3v) is 8.57. The van der Waals surface area contributed by atoms with Gasteiger partial charge in [-0.2, -0.15) is 5.48 Å². The number of benzene rings is 1. The second-order valence-electron chi connectivity index (χ2n) is 11.1. The summed E-state index contributed by atoms with van der Waals surface area (Å²) < 4.78 is 24.9. The molecule has 4 saturated heterocycles. The molecule has 1 saturated carbocycles. The number of hydroxylamine groups is 1. The molecule has 0 amide bonds. The van der Waals surface area contributed by atoms with Gasteiger partial charge in [-0.3, -0.25) is 4.84 Å². The van der Waals surface area contributed by atoms with E-state index < -0.39 is 36.5 Å². The van der Waals surface area contributed by atoms with Crippen molar-refractivity contribution >= 4 is 5.97 Å². The van der Waals surface area contributed by atoms with Crippen LogP contribution in [0.4, 0.5) is 0 Å². The van der Waals surface area contributed by atoms with Gasteiger partial charge in [0.1, 0.15) is 12.4 Å². The Kier molecular flexibility index (Phi) is 7.80. The number of carboxylic acids is 1. The Bertz CT molecular complexity index is 944. The van der Waals surface area contributed by atoms with E-state index in [0.717, 1.165) is 37.0 Å². The van der Waals surface area contributed by atoms with Crippen LogP contribution in [0, 0.1) is 23.7 Å². The van der Waals surface area contributed by atoms with E-state index in [1.165, 1.54) is 0 Å². The lowest BCUT2D eigenvalue weighted by Gasteiger charge is -2.60. The average Bonchev–Trinajstić information content (AvgIpc) is 3.10. The monoisotopic (exact) mass is 521 g/mol. The lowest BCUT2D eigenvalue weighted by Crippen LogP contribution is -2.70. The maximum Gasteiger partial charge on any atom is 0.331 e. The van der Waals surface area contributed by atoms with Crippen LogP contribution >= 0.6 is 0 Å². The van der Waals surface area contributed by atoms with Crippen LogP contribution in [0.2, 0.25) is 0 Å². The van der Waals surface area contributed by atoms with Crippen molar-refractivity contribution in [3.63, 3.8) is 0 Å². The van der Waals surface area contributed by atoms with Crippen LogP contribution in [0.1, 0.15) is 65.0 Å². The highest BCUT2D eigenvalue weighted by atomic mass is 17.3. The number of carboxylic acid groups (broad SMARTS) is 1. The third kappa shape index (κ3) is 5.25. The number of hydrogen-bond acceptors (Lipinski definition) is 9. The first-order valence-corrected chi connectivity index (χ1v) is 13.4. The summed E-state index contributed by atoms with van der Waals surface area (Å²) in [6, 6.07) is 7.39. The van der Waals surface area contributed by atoms with Crippen molar-refractivity contribution in [2.75, 3.05) is 19.8 Å². The quantitative estimate of drug-likeness (QED) is 0.266. The molecule has 5 fully saturated rings. The number of fused-ring (bicyclic) bond motifs is 2. The second-order valence-corrected chi connectivity index (χ2v) is 11.1. The smallest absolute Gasteiger partial charge is 0.331 e. The van der Waals surface area contributed by atoms with Gasteiger partial charge in [-0.25, -0.2) is 14.6 Å². The summed E-state index contributed by atoms with van der Waals surface area (Å²) in [6.07, 6.45) is 3.04. The summed E-state index contributed by atoms with van der Waals surface area (Å²) in [5.41, 5.74) is 3.07. The highest BCUT2D eigenvalue weighted by molar-refractivity contribution is 5.67. The molecule has 0 aromatic heterocycles. The molecule has 4 aliphatic heterocycles. The van der Waals surface area contributed by atoms with Gasteiger partial charge in [0.05, 0.1) is 12.6 Å². The van der Waals surface area contributed by atoms with Gasteiger partial charge < -0.3 is 24.1 Å². The molecule has 2 N–H and O–H groups in total. The molecular weight excluding hydrogens is 482 g/mol. The predicted molar refractivity (Wildman–Crippen MR) is 130 cm³/mol. The second kappa shape index (κ2) is 10.8. The van der Waals surface area contributed by atoms with E-state index in [9.17, 15) is 4.79 Å². The third-order valence-electron chi connectivity index (χ3n) is 8.57. The summed E-state index contributed by atoms with van der Waals surface area (Å²) in [7, 11) is 0. The topological polar surface area (TPSA) is 114 Å². The van der Waals surface area contributed by atoms with Crippen molar-refractivity contribution in [2.24, 2.45) is 23.7 Å². The lowest BCUT2D eigenvalue weighted by atomic mass is 9.58. The summed E-state index contributed by atoms with van der Waals surface area (Å²) in [4.78, 5) is 27.6. The van der Waals surface area contributed by atoms with E-state index >= 15 is 0 Å². The van der Waals surface area contributed by atoms with Gasteiger partial charge in [-0.05, 0) is 62.6 Å². The van der Waals surface area contributed by atoms with E-state index in [1.54, 1.807) is 0 Å². The van der Waals surface area contributed by atoms with Gasteiger partial charge in [0, 0.05) is 18.3 Å². The summed E-state index contributed by atoms with van der Waals surface area (Å²) in [6.45, 7) is 8.63. The summed E-state index contributed by atoms with van der Waals surface area (Å²) in [5, 5.41) is 8.66. The van der Waals surface area contributed by atoms with Gasteiger partial charge in [0.15, 0.2) is 24.8 Å². The van der Waals surface area contributed by atoms with Gasteiger partial charge in [0.2, 0.25) is 5.79 Å². The first-order chi connectivity index (χ1) is 17.7. The molecule has 4 heterocycles. The normalized spacial score (nSPS) is 39.5. The Balaban J connectivity index is 1.14. The number of ether oxygens (including phenoxy) is 4. The summed E-state index contributed by atoms with van der Waals surface area (Å²) in [5.74, 6) is 0.0948. The Morgan fingerprint density at radius 3 is 2.68 bits per heavy atom. The number of nitrogens with one attached hydrogen (secondary N) is 1. The first kappa shape index (κ1) is 26.8. The van der Waals surface area contributed by atoms with E-state index in [4.69, 9.17) is 38.7 Å². The highest BCUT2D eigenvalue weighted by Gasteiger charge is 2.69. The molecule has 2 unspecified atom stereocenters. The Hall–Kier alpha value is -1.79. The van der Waals surface area contributed by atoms with E-state index in [1.807, 2.05) is 38.1 Å². The van der Waals surface area contributed by atoms with Gasteiger partial charge in [-0.1, -0.05) is 26.0 Å². The molecule has 6 rings (SSSR count). The van der Waals surface area contributed by atoms with E-state index in [0.29, 0.717) is 25.0 Å². The maximum absolute atomic E-state index is 10.6. The molecule has 206 valence electrons. The molecular formula is C27H39NO9. The molecule has 1 aliphatic carbocycles. The van der Waals surface area contributed by atoms with Crippen LogP contribution in [-0.2, 0) is 33.6 Å². The van der Waals surface area contributed by atoms with Crippen LogP contribution in [-0.4, -0.2) is 54.9 Å². The minimum Gasteiger partial charge on any atom is -0.491 e. The minimum atomic E-state index is -1.03. The van der Waals surface area contributed by atoms with Crippen LogP contribution in [0.3, 0.4) is 0 Å². The fraction of sp³-hybridized carbons (Fsp3) is 0.741. The number of rotatable bonds is 10. The number of carbonyl (C=O) groups is 1. The van der Waals surface area contributed by atoms with Gasteiger partial charge in [-0.15, -0.1) is 0 Å². The van der Waals surface area contributed by atoms with Crippen molar-refractivity contribution < 1.29 is 43.5 Å². The Morgan fingerprint density at radius 1 is 1.14 bits per heavy atom. The SMILES string of the molecule is CC(NOCC(=O)O)c1ccc(OCCO[C@H]2O[C@@H]3O[C@@]4(C)CCC5[C@H](C)CC[C@@H]([C@H]2C)[C@]53OO4)cc1. The maximum atomic E-state index is 10.6. The molecule has 10 nitrogen and oxygen atoms in total. The summed E-state index contributed by atoms with van der Waals surface area (Å²) >= 11 is 0. The molecule has 9 atom stereocenters. The van der Waals surface area contributed by atoms with Crippen molar-refractivity contribution in [1.29, 1.82) is 0 Å². The molecule has 1 aromatic carbocycles. The molecule has 1 spiro atoms. The van der Waals surface area contributed by atoms with E-state index in [2.05, 4.69) is 19.3 Å². The van der Waals surface area contributed by atoms with Gasteiger partial charge >= 0.3 is 5.97 Å². The minimum absolute atomic E-state index is 0.123. The molecule has 0 radical (unpaired) electrons. The molecule has 1 aromatic rings. The van der Waals surface area contributed by atoms with Gasteiger partial charge in [0.25, 0.3) is 0 Å². The average molecular weight is 522 g/mol. The zero-order valence-corrected chi connectivity index (χ0v) is 22.0. The fourth-order valence-electron chi connectivity index (χ4n) is 6.54.